The highest BCUT2D eigenvalue weighted by molar-refractivity contribution is 7.99. The lowest BCUT2D eigenvalue weighted by molar-refractivity contribution is -0.124. The Labute approximate surface area is 182 Å². The molecule has 156 valence electrons. The van der Waals surface area contributed by atoms with E-state index in [1.165, 1.54) is 28.0 Å². The summed E-state index contributed by atoms with van der Waals surface area (Å²) in [6.45, 7) is 8.70. The number of aryl methyl sites for hydroxylation is 3. The number of thioether (sulfide) groups is 1. The van der Waals surface area contributed by atoms with Gasteiger partial charge in [-0.2, -0.15) is 0 Å². The number of nitrogens with one attached hydrogen (secondary N) is 1. The SMILES string of the molecule is Cc1cccc(-n2c(SCC(=O)N3CCNC3=O)nc3sc(C)c(C)c3c2=O)c1C. The molecule has 4 rings (SSSR count). The highest BCUT2D eigenvalue weighted by atomic mass is 32.2. The quantitative estimate of drug-likeness (QED) is 0.495. The number of thiophene rings is 1. The monoisotopic (exact) mass is 442 g/mol. The van der Waals surface area contributed by atoms with Gasteiger partial charge in [-0.3, -0.25) is 19.1 Å². The predicted molar refractivity (Wildman–Crippen MR) is 120 cm³/mol. The van der Waals surface area contributed by atoms with Gasteiger partial charge >= 0.3 is 6.03 Å². The summed E-state index contributed by atoms with van der Waals surface area (Å²) in [7, 11) is 0. The zero-order valence-corrected chi connectivity index (χ0v) is 18.9. The fraction of sp³-hybridized carbons (Fsp3) is 0.333. The largest absolute Gasteiger partial charge is 0.336 e. The molecule has 30 heavy (non-hydrogen) atoms. The van der Waals surface area contributed by atoms with Crippen LogP contribution in [0, 0.1) is 27.7 Å². The molecule has 1 fully saturated rings. The number of carbonyl (C=O) groups is 2. The number of fused-ring (bicyclic) bond motifs is 1. The third kappa shape index (κ3) is 3.41. The Hall–Kier alpha value is -2.65. The first-order valence-electron chi connectivity index (χ1n) is 9.60. The molecule has 7 nitrogen and oxygen atoms in total. The summed E-state index contributed by atoms with van der Waals surface area (Å²) in [5, 5.41) is 3.70. The summed E-state index contributed by atoms with van der Waals surface area (Å²) < 4.78 is 1.60. The second-order valence-electron chi connectivity index (χ2n) is 7.28. The lowest BCUT2D eigenvalue weighted by Gasteiger charge is -2.16. The number of hydrogen-bond donors (Lipinski definition) is 1. The minimum Gasteiger partial charge on any atom is -0.336 e. The van der Waals surface area contributed by atoms with Gasteiger partial charge in [0.1, 0.15) is 4.83 Å². The smallest absolute Gasteiger partial charge is 0.324 e. The van der Waals surface area contributed by atoms with Gasteiger partial charge in [0, 0.05) is 18.0 Å². The van der Waals surface area contributed by atoms with E-state index in [0.717, 1.165) is 27.3 Å². The van der Waals surface area contributed by atoms with Crippen molar-refractivity contribution in [2.45, 2.75) is 32.9 Å². The highest BCUT2D eigenvalue weighted by Gasteiger charge is 2.27. The first-order chi connectivity index (χ1) is 14.3. The number of hydrogen-bond acceptors (Lipinski definition) is 6. The maximum Gasteiger partial charge on any atom is 0.324 e. The lowest BCUT2D eigenvalue weighted by atomic mass is 10.1. The number of benzene rings is 1. The molecule has 3 aromatic rings. The zero-order chi connectivity index (χ0) is 21.6. The van der Waals surface area contributed by atoms with Gasteiger partial charge in [0.2, 0.25) is 5.91 Å². The molecule has 0 atom stereocenters. The van der Waals surface area contributed by atoms with E-state index in [1.54, 1.807) is 4.57 Å². The molecule has 1 saturated heterocycles. The van der Waals surface area contributed by atoms with E-state index in [4.69, 9.17) is 4.98 Å². The normalized spacial score (nSPS) is 13.9. The molecule has 0 bridgehead atoms. The van der Waals surface area contributed by atoms with Crippen molar-refractivity contribution >= 4 is 45.3 Å². The van der Waals surface area contributed by atoms with Crippen LogP contribution in [0.3, 0.4) is 0 Å². The summed E-state index contributed by atoms with van der Waals surface area (Å²) in [5.74, 6) is -0.269. The Bertz CT molecular complexity index is 1250. The molecule has 3 heterocycles. The van der Waals surface area contributed by atoms with Crippen molar-refractivity contribution in [3.8, 4) is 5.69 Å². The molecule has 2 aromatic heterocycles. The molecule has 0 saturated carbocycles. The number of carbonyl (C=O) groups excluding carboxylic acids is 2. The average molecular weight is 443 g/mol. The van der Waals surface area contributed by atoms with Crippen LogP contribution in [0.1, 0.15) is 21.6 Å². The summed E-state index contributed by atoms with van der Waals surface area (Å²) in [4.78, 5) is 45.6. The van der Waals surface area contributed by atoms with Crippen molar-refractivity contribution in [3.63, 3.8) is 0 Å². The van der Waals surface area contributed by atoms with Crippen LogP contribution in [0.4, 0.5) is 4.79 Å². The highest BCUT2D eigenvalue weighted by Crippen LogP contribution is 2.30. The maximum absolute atomic E-state index is 13.6. The fourth-order valence-corrected chi connectivity index (χ4v) is 5.43. The van der Waals surface area contributed by atoms with Crippen molar-refractivity contribution in [3.05, 3.63) is 50.1 Å². The Balaban J connectivity index is 1.83. The molecular weight excluding hydrogens is 420 g/mol. The van der Waals surface area contributed by atoms with Crippen molar-refractivity contribution < 1.29 is 9.59 Å². The number of nitrogens with zero attached hydrogens (tertiary/aromatic N) is 3. The van der Waals surface area contributed by atoms with Crippen molar-refractivity contribution in [2.75, 3.05) is 18.8 Å². The van der Waals surface area contributed by atoms with Crippen LogP contribution in [-0.2, 0) is 4.79 Å². The summed E-state index contributed by atoms with van der Waals surface area (Å²) >= 11 is 2.67. The van der Waals surface area contributed by atoms with Crippen LogP contribution in [0.5, 0.6) is 0 Å². The summed E-state index contributed by atoms with van der Waals surface area (Å²) in [5.41, 5.74) is 3.61. The Morgan fingerprint density at radius 3 is 2.67 bits per heavy atom. The van der Waals surface area contributed by atoms with Gasteiger partial charge in [-0.15, -0.1) is 11.3 Å². The number of amides is 3. The number of aromatic nitrogens is 2. The minimum atomic E-state index is -0.375. The van der Waals surface area contributed by atoms with Gasteiger partial charge in [-0.25, -0.2) is 9.78 Å². The molecule has 0 spiro atoms. The van der Waals surface area contributed by atoms with Gasteiger partial charge in [-0.05, 0) is 50.5 Å². The van der Waals surface area contributed by atoms with Crippen molar-refractivity contribution in [2.24, 2.45) is 0 Å². The van der Waals surface area contributed by atoms with E-state index in [1.807, 2.05) is 45.9 Å². The molecule has 1 aliphatic rings. The summed E-state index contributed by atoms with van der Waals surface area (Å²) in [6, 6.07) is 5.43. The molecule has 1 aromatic carbocycles. The molecule has 1 aliphatic heterocycles. The maximum atomic E-state index is 13.6. The Morgan fingerprint density at radius 2 is 1.97 bits per heavy atom. The van der Waals surface area contributed by atoms with Crippen LogP contribution >= 0.6 is 23.1 Å². The third-order valence-electron chi connectivity index (χ3n) is 5.47. The van der Waals surface area contributed by atoms with Crippen LogP contribution in [-0.4, -0.2) is 45.2 Å². The average Bonchev–Trinajstić information content (AvgIpc) is 3.26. The lowest BCUT2D eigenvalue weighted by Crippen LogP contribution is -2.35. The topological polar surface area (TPSA) is 84.3 Å². The Kier molecular flexibility index (Phi) is 5.42. The standard InChI is InChI=1S/C21H22N4O3S2/c1-11-6-5-7-15(12(11)2)25-19(27)17-13(3)14(4)30-18(17)23-21(25)29-10-16(26)24-9-8-22-20(24)28/h5-7H,8-10H2,1-4H3,(H,22,28). The Morgan fingerprint density at radius 1 is 1.20 bits per heavy atom. The second-order valence-corrected chi connectivity index (χ2v) is 9.43. The number of imide groups is 1. The molecule has 0 aliphatic carbocycles. The van der Waals surface area contributed by atoms with E-state index in [2.05, 4.69) is 5.32 Å². The molecule has 0 unspecified atom stereocenters. The molecule has 9 heteroatoms. The molecule has 0 radical (unpaired) electrons. The van der Waals surface area contributed by atoms with E-state index in [9.17, 15) is 14.4 Å². The van der Waals surface area contributed by atoms with Crippen LogP contribution in [0.15, 0.2) is 28.2 Å². The summed E-state index contributed by atoms with van der Waals surface area (Å²) in [6.07, 6.45) is 0. The van der Waals surface area contributed by atoms with Crippen LogP contribution in [0.25, 0.3) is 15.9 Å². The van der Waals surface area contributed by atoms with E-state index in [-0.39, 0.29) is 23.3 Å². The van der Waals surface area contributed by atoms with Crippen molar-refractivity contribution in [1.82, 2.24) is 19.8 Å². The van der Waals surface area contributed by atoms with Crippen LogP contribution < -0.4 is 10.9 Å². The zero-order valence-electron chi connectivity index (χ0n) is 17.2. The van der Waals surface area contributed by atoms with Gasteiger partial charge in [-0.1, -0.05) is 23.9 Å². The number of rotatable bonds is 4. The first-order valence-corrected chi connectivity index (χ1v) is 11.4. The number of urea groups is 1. The van der Waals surface area contributed by atoms with E-state index in [0.29, 0.717) is 28.5 Å². The van der Waals surface area contributed by atoms with E-state index < -0.39 is 0 Å². The van der Waals surface area contributed by atoms with Gasteiger partial charge in [0.15, 0.2) is 5.16 Å². The van der Waals surface area contributed by atoms with Gasteiger partial charge < -0.3 is 5.32 Å². The second kappa shape index (κ2) is 7.88. The van der Waals surface area contributed by atoms with Crippen LogP contribution in [0.2, 0.25) is 0 Å². The molecule has 1 N–H and O–H groups in total. The fourth-order valence-electron chi connectivity index (χ4n) is 3.48. The van der Waals surface area contributed by atoms with Crippen molar-refractivity contribution in [1.29, 1.82) is 0 Å². The van der Waals surface area contributed by atoms with E-state index >= 15 is 0 Å². The molecular formula is C21H22N4O3S2. The first kappa shape index (κ1) is 20.6. The van der Waals surface area contributed by atoms with Gasteiger partial charge in [0.25, 0.3) is 5.56 Å². The molecule has 3 amide bonds. The predicted octanol–water partition coefficient (Wildman–Crippen LogP) is 3.32. The van der Waals surface area contributed by atoms with Gasteiger partial charge in [0.05, 0.1) is 16.8 Å². The minimum absolute atomic E-state index is 0.0274. The third-order valence-corrected chi connectivity index (χ3v) is 7.50.